The highest BCUT2D eigenvalue weighted by Crippen LogP contribution is 2.40. The molecule has 0 aliphatic heterocycles. The van der Waals surface area contributed by atoms with E-state index in [1.807, 2.05) is 62.4 Å². The summed E-state index contributed by atoms with van der Waals surface area (Å²) in [5.74, 6) is -0.680. The number of rotatable bonds is 8. The van der Waals surface area contributed by atoms with Crippen LogP contribution < -0.4 is 10.3 Å². The van der Waals surface area contributed by atoms with Crippen molar-refractivity contribution in [1.29, 1.82) is 0 Å². The van der Waals surface area contributed by atoms with Gasteiger partial charge in [0, 0.05) is 34.7 Å². The minimum absolute atomic E-state index is 0.270. The van der Waals surface area contributed by atoms with Gasteiger partial charge in [0.2, 0.25) is 0 Å². The van der Waals surface area contributed by atoms with Gasteiger partial charge in [-0.2, -0.15) is 5.14 Å². The van der Waals surface area contributed by atoms with Crippen LogP contribution in [0, 0.1) is 5.82 Å². The Hall–Kier alpha value is -2.04. The number of aromatic nitrogens is 2. The van der Waals surface area contributed by atoms with E-state index >= 15 is 4.39 Å². The molecule has 0 amide bonds. The van der Waals surface area contributed by atoms with Crippen LogP contribution in [0.3, 0.4) is 0 Å². The topological polar surface area (TPSA) is 88.0 Å². The molecule has 2 heterocycles. The maximum absolute atomic E-state index is 16.2. The highest BCUT2D eigenvalue weighted by atomic mass is 79.9. The standard InChI is InChI=1S/C27H31BrFN3O2SSi/c1-27(2,35(30)33)15-14-19(26-24(29)22(36(3,4)5)16-23(28)31-26)17-10-6-7-11-18(17)25-20-12-8-9-13-21(20)34-32-25/h6-13,16,19H,14-15,30H2,1-5H3/t19?,35-/m0/s1. The predicted octanol–water partition coefficient (Wildman–Crippen LogP) is 6.65. The first-order chi connectivity index (χ1) is 16.9. The van der Waals surface area contributed by atoms with Crippen LogP contribution in [-0.2, 0) is 11.4 Å². The van der Waals surface area contributed by atoms with E-state index in [4.69, 9.17) is 9.66 Å². The van der Waals surface area contributed by atoms with Gasteiger partial charge in [0.25, 0.3) is 0 Å². The number of halogens is 2. The average Bonchev–Trinajstić information content (AvgIpc) is 3.24. The van der Waals surface area contributed by atoms with Crippen molar-refractivity contribution in [2.75, 3.05) is 0 Å². The van der Waals surface area contributed by atoms with Crippen molar-refractivity contribution in [2.24, 2.45) is 5.14 Å². The van der Waals surface area contributed by atoms with Gasteiger partial charge in [0.15, 0.2) is 5.58 Å². The monoisotopic (exact) mass is 587 g/mol. The van der Waals surface area contributed by atoms with E-state index < -0.39 is 30.1 Å². The quantitative estimate of drug-likeness (QED) is 0.142. The zero-order valence-electron chi connectivity index (χ0n) is 21.1. The second-order valence-electron chi connectivity index (χ2n) is 10.7. The van der Waals surface area contributed by atoms with Crippen LogP contribution in [0.2, 0.25) is 19.6 Å². The summed E-state index contributed by atoms with van der Waals surface area (Å²) in [6.45, 7) is 10.1. The summed E-state index contributed by atoms with van der Waals surface area (Å²) in [4.78, 5) is 4.67. The molecule has 4 aromatic rings. The van der Waals surface area contributed by atoms with Gasteiger partial charge in [-0.1, -0.05) is 61.2 Å². The third-order valence-corrected chi connectivity index (χ3v) is 10.3. The van der Waals surface area contributed by atoms with Crippen molar-refractivity contribution in [1.82, 2.24) is 10.1 Å². The van der Waals surface area contributed by atoms with Crippen LogP contribution in [-0.4, -0.2) is 27.5 Å². The van der Waals surface area contributed by atoms with Crippen LogP contribution in [0.25, 0.3) is 22.2 Å². The average molecular weight is 589 g/mol. The first kappa shape index (κ1) is 27.0. The number of hydrogen-bond acceptors (Lipinski definition) is 5. The van der Waals surface area contributed by atoms with Crippen LogP contribution >= 0.6 is 15.9 Å². The van der Waals surface area contributed by atoms with Gasteiger partial charge in [0.05, 0.1) is 13.8 Å². The fraction of sp³-hybridized carbons (Fsp3) is 0.333. The third kappa shape index (κ3) is 5.45. The normalized spacial score (nSPS) is 14.2. The summed E-state index contributed by atoms with van der Waals surface area (Å²) in [6.07, 6.45) is 1.03. The van der Waals surface area contributed by atoms with Crippen molar-refractivity contribution in [3.8, 4) is 11.3 Å². The predicted molar refractivity (Wildman–Crippen MR) is 152 cm³/mol. The Bertz CT molecular complexity index is 1390. The fourth-order valence-electron chi connectivity index (χ4n) is 4.42. The molecule has 190 valence electrons. The molecule has 9 heteroatoms. The SMILES string of the molecule is CC(C)(CCC(c1ccccc1-c1noc2ccccc12)c1nc(Br)cc([Si](C)(C)C)c1F)[S@@+](N)[O-]. The molecule has 4 rings (SSSR count). The minimum Gasteiger partial charge on any atom is -0.598 e. The van der Waals surface area contributed by atoms with E-state index in [-0.39, 0.29) is 5.82 Å². The largest absolute Gasteiger partial charge is 0.598 e. The highest BCUT2D eigenvalue weighted by Gasteiger charge is 2.35. The number of para-hydroxylation sites is 1. The lowest BCUT2D eigenvalue weighted by atomic mass is 9.84. The van der Waals surface area contributed by atoms with Gasteiger partial charge in [-0.3, -0.25) is 0 Å². The van der Waals surface area contributed by atoms with Gasteiger partial charge in [-0.15, -0.1) is 0 Å². The fourth-order valence-corrected chi connectivity index (χ4v) is 6.73. The van der Waals surface area contributed by atoms with E-state index in [1.54, 1.807) is 6.07 Å². The van der Waals surface area contributed by atoms with Gasteiger partial charge in [-0.05, 0) is 65.1 Å². The van der Waals surface area contributed by atoms with Crippen molar-refractivity contribution in [3.05, 3.63) is 76.3 Å². The molecule has 0 radical (unpaired) electrons. The van der Waals surface area contributed by atoms with E-state index in [2.05, 4.69) is 45.7 Å². The Morgan fingerprint density at radius 1 is 1.14 bits per heavy atom. The van der Waals surface area contributed by atoms with E-state index in [0.29, 0.717) is 34.4 Å². The summed E-state index contributed by atoms with van der Waals surface area (Å²) in [6, 6.07) is 17.3. The van der Waals surface area contributed by atoms with Crippen molar-refractivity contribution in [2.45, 2.75) is 57.0 Å². The smallest absolute Gasteiger partial charge is 0.167 e. The molecule has 2 aromatic carbocycles. The number of benzene rings is 2. The highest BCUT2D eigenvalue weighted by molar-refractivity contribution is 9.10. The molecule has 0 saturated carbocycles. The lowest BCUT2D eigenvalue weighted by molar-refractivity contribution is 0.459. The van der Waals surface area contributed by atoms with Gasteiger partial charge in [0.1, 0.15) is 20.9 Å². The molecule has 2 aromatic heterocycles. The molecule has 0 aliphatic carbocycles. The molecular weight excluding hydrogens is 557 g/mol. The first-order valence-electron chi connectivity index (χ1n) is 11.9. The van der Waals surface area contributed by atoms with Crippen LogP contribution in [0.15, 0.2) is 63.7 Å². The number of hydrogen-bond donors (Lipinski definition) is 1. The van der Waals surface area contributed by atoms with Crippen molar-refractivity contribution >= 4 is 51.5 Å². The first-order valence-corrected chi connectivity index (χ1v) is 17.4. The van der Waals surface area contributed by atoms with Crippen LogP contribution in [0.1, 0.15) is 43.9 Å². The summed E-state index contributed by atoms with van der Waals surface area (Å²) in [5, 5.41) is 11.8. The molecule has 0 saturated heterocycles. The van der Waals surface area contributed by atoms with E-state index in [9.17, 15) is 4.55 Å². The Morgan fingerprint density at radius 2 is 1.81 bits per heavy atom. The number of fused-ring (bicyclic) bond motifs is 1. The molecule has 0 fully saturated rings. The summed E-state index contributed by atoms with van der Waals surface area (Å²) < 4.78 is 34.0. The summed E-state index contributed by atoms with van der Waals surface area (Å²) >= 11 is 2.00. The van der Waals surface area contributed by atoms with Gasteiger partial charge >= 0.3 is 0 Å². The zero-order chi connectivity index (χ0) is 26.3. The lowest BCUT2D eigenvalue weighted by Gasteiger charge is -2.28. The summed E-state index contributed by atoms with van der Waals surface area (Å²) in [5.41, 5.74) is 3.51. The minimum atomic E-state index is -2.01. The number of pyridine rings is 1. The van der Waals surface area contributed by atoms with Crippen molar-refractivity contribution in [3.63, 3.8) is 0 Å². The molecule has 5 nitrogen and oxygen atoms in total. The lowest BCUT2D eigenvalue weighted by Crippen LogP contribution is -2.41. The van der Waals surface area contributed by atoms with E-state index in [0.717, 1.165) is 21.7 Å². The molecule has 0 bridgehead atoms. The molecule has 2 atom stereocenters. The third-order valence-electron chi connectivity index (χ3n) is 6.64. The zero-order valence-corrected chi connectivity index (χ0v) is 24.5. The molecular formula is C27H31BrFN3O2SSi. The summed E-state index contributed by atoms with van der Waals surface area (Å²) in [7, 11) is -2.01. The van der Waals surface area contributed by atoms with Crippen LogP contribution in [0.5, 0.6) is 0 Å². The maximum Gasteiger partial charge on any atom is 0.167 e. The Labute approximate surface area is 224 Å². The molecule has 0 spiro atoms. The van der Waals surface area contributed by atoms with E-state index in [1.165, 1.54) is 0 Å². The molecule has 2 N–H and O–H groups in total. The maximum atomic E-state index is 16.2. The number of nitrogens with zero attached hydrogens (tertiary/aromatic N) is 2. The van der Waals surface area contributed by atoms with Crippen LogP contribution in [0.4, 0.5) is 4.39 Å². The number of nitrogens with two attached hydrogens (primary N) is 1. The Kier molecular flexibility index (Phi) is 7.78. The molecule has 36 heavy (non-hydrogen) atoms. The van der Waals surface area contributed by atoms with Crippen molar-refractivity contribution < 1.29 is 13.5 Å². The second kappa shape index (κ2) is 10.4. The van der Waals surface area contributed by atoms with Gasteiger partial charge in [-0.25, -0.2) is 9.37 Å². The molecule has 1 unspecified atom stereocenters. The van der Waals surface area contributed by atoms with Gasteiger partial charge < -0.3 is 9.08 Å². The Balaban J connectivity index is 1.93. The Morgan fingerprint density at radius 3 is 2.50 bits per heavy atom. The molecule has 0 aliphatic rings. The second-order valence-corrected chi connectivity index (χ2v) is 18.3.